The van der Waals surface area contributed by atoms with E-state index in [1.807, 2.05) is 0 Å². The van der Waals surface area contributed by atoms with Crippen molar-refractivity contribution >= 4 is 54.5 Å². The first-order valence-corrected chi connectivity index (χ1v) is 11.7. The Balaban J connectivity index is 1.56. The van der Waals surface area contributed by atoms with E-state index >= 15 is 0 Å². The molecule has 1 fully saturated rings. The zero-order chi connectivity index (χ0) is 21.0. The van der Waals surface area contributed by atoms with Crippen molar-refractivity contribution in [1.82, 2.24) is 14.9 Å². The molecule has 0 radical (unpaired) electrons. The van der Waals surface area contributed by atoms with Gasteiger partial charge in [0, 0.05) is 27.9 Å². The number of aromatic nitrogens is 2. The fraction of sp³-hybridized carbons (Fsp3) is 0.364. The fourth-order valence-electron chi connectivity index (χ4n) is 4.62. The Morgan fingerprint density at radius 1 is 1.27 bits per heavy atom. The Morgan fingerprint density at radius 3 is 2.87 bits per heavy atom. The monoisotopic (exact) mass is 444 g/mol. The van der Waals surface area contributed by atoms with E-state index in [1.54, 1.807) is 23.6 Å². The Hall–Kier alpha value is -2.16. The van der Waals surface area contributed by atoms with Gasteiger partial charge in [-0.15, -0.1) is 22.7 Å². The Bertz CT molecular complexity index is 1250. The molecule has 30 heavy (non-hydrogen) atoms. The Morgan fingerprint density at radius 2 is 2.10 bits per heavy atom. The van der Waals surface area contributed by atoms with Gasteiger partial charge < -0.3 is 5.32 Å². The van der Waals surface area contributed by atoms with E-state index in [0.29, 0.717) is 16.3 Å². The van der Waals surface area contributed by atoms with Gasteiger partial charge in [0.25, 0.3) is 0 Å². The van der Waals surface area contributed by atoms with Crippen LogP contribution in [0.3, 0.4) is 0 Å². The van der Waals surface area contributed by atoms with Gasteiger partial charge in [0.05, 0.1) is 15.9 Å². The number of thiazole rings is 1. The zero-order valence-corrected chi connectivity index (χ0v) is 18.6. The van der Waals surface area contributed by atoms with Crippen LogP contribution >= 0.6 is 22.7 Å². The van der Waals surface area contributed by atoms with Gasteiger partial charge in [-0.05, 0) is 51.6 Å². The minimum Gasteiger partial charge on any atom is -0.350 e. The number of fused-ring (bicyclic) bond motifs is 2. The van der Waals surface area contributed by atoms with Crippen LogP contribution < -0.4 is 5.32 Å². The van der Waals surface area contributed by atoms with Crippen LogP contribution in [-0.2, 0) is 0 Å². The number of thiophene rings is 1. The number of hydrogen-bond acceptors (Lipinski definition) is 6. The highest BCUT2D eigenvalue weighted by atomic mass is 32.1. The smallest absolute Gasteiger partial charge is 0.176 e. The largest absolute Gasteiger partial charge is 0.350 e. The summed E-state index contributed by atoms with van der Waals surface area (Å²) >= 11 is 2.89. The van der Waals surface area contributed by atoms with E-state index in [2.05, 4.69) is 47.0 Å². The number of pyridine rings is 1. The van der Waals surface area contributed by atoms with Crippen molar-refractivity contribution in [3.63, 3.8) is 0 Å². The number of anilines is 2. The van der Waals surface area contributed by atoms with Crippen LogP contribution in [0.25, 0.3) is 20.4 Å². The van der Waals surface area contributed by atoms with Gasteiger partial charge in [0.1, 0.15) is 16.0 Å². The van der Waals surface area contributed by atoms with Gasteiger partial charge in [0.2, 0.25) is 0 Å². The lowest BCUT2D eigenvalue weighted by molar-refractivity contribution is 0.171. The van der Waals surface area contributed by atoms with Crippen LogP contribution in [0, 0.1) is 11.6 Å². The first-order chi connectivity index (χ1) is 14.4. The number of likely N-dealkylation sites (N-methyl/N-ethyl adjacent to an activating group) is 1. The second-order valence-corrected chi connectivity index (χ2v) is 10.1. The molecule has 0 bridgehead atoms. The molecule has 1 N–H and O–H groups in total. The summed E-state index contributed by atoms with van der Waals surface area (Å²) < 4.78 is 30.0. The summed E-state index contributed by atoms with van der Waals surface area (Å²) in [5, 5.41) is 3.87. The average molecular weight is 445 g/mol. The van der Waals surface area contributed by atoms with Gasteiger partial charge >= 0.3 is 0 Å². The summed E-state index contributed by atoms with van der Waals surface area (Å²) in [4.78, 5) is 13.2. The molecular weight excluding hydrogens is 422 g/mol. The highest BCUT2D eigenvalue weighted by Gasteiger charge is 2.41. The predicted octanol–water partition coefficient (Wildman–Crippen LogP) is 6.52. The summed E-state index contributed by atoms with van der Waals surface area (Å²) in [6.45, 7) is 8.88. The van der Waals surface area contributed by atoms with Gasteiger partial charge in [-0.25, -0.2) is 18.7 Å². The highest BCUT2D eigenvalue weighted by Crippen LogP contribution is 2.46. The van der Waals surface area contributed by atoms with Crippen LogP contribution in [0.2, 0.25) is 0 Å². The van der Waals surface area contributed by atoms with E-state index in [0.717, 1.165) is 29.7 Å². The minimum atomic E-state index is -0.665. The third-order valence-electron chi connectivity index (χ3n) is 6.31. The van der Waals surface area contributed by atoms with Crippen LogP contribution in [0.5, 0.6) is 0 Å². The summed E-state index contributed by atoms with van der Waals surface area (Å²) in [6.07, 6.45) is 2.78. The summed E-state index contributed by atoms with van der Waals surface area (Å²) in [7, 11) is 0. The van der Waals surface area contributed by atoms with E-state index in [1.165, 1.54) is 27.8 Å². The van der Waals surface area contributed by atoms with E-state index in [4.69, 9.17) is 0 Å². The van der Waals surface area contributed by atoms with Crippen molar-refractivity contribution in [2.45, 2.75) is 38.6 Å². The summed E-state index contributed by atoms with van der Waals surface area (Å²) in [5.74, 6) is -0.883. The maximum absolute atomic E-state index is 14.9. The van der Waals surface area contributed by atoms with Crippen LogP contribution in [-0.4, -0.2) is 33.5 Å². The molecule has 1 saturated heterocycles. The molecule has 1 aromatic carbocycles. The molecule has 5 rings (SSSR count). The molecule has 8 heteroatoms. The van der Waals surface area contributed by atoms with Crippen molar-refractivity contribution in [2.75, 3.05) is 18.4 Å². The lowest BCUT2D eigenvalue weighted by Crippen LogP contribution is -2.41. The van der Waals surface area contributed by atoms with Gasteiger partial charge in [-0.1, -0.05) is 6.92 Å². The maximum atomic E-state index is 14.9. The van der Waals surface area contributed by atoms with Crippen LogP contribution in [0.1, 0.15) is 38.0 Å². The highest BCUT2D eigenvalue weighted by molar-refractivity contribution is 7.18. The quantitative estimate of drug-likeness (QED) is 0.389. The number of nitrogens with one attached hydrogen (secondary N) is 1. The SMILES string of the molecule is CCN1CC[C@H](c2cc3c(Nc4c(F)cc5scnc5c4F)ccnc3s2)C1(C)C. The minimum absolute atomic E-state index is 0.0666. The number of likely N-dealkylation sites (tertiary alicyclic amines) is 1. The van der Waals surface area contributed by atoms with E-state index in [-0.39, 0.29) is 16.7 Å². The van der Waals surface area contributed by atoms with E-state index < -0.39 is 11.6 Å². The molecule has 0 amide bonds. The Labute approximate surface area is 181 Å². The number of rotatable bonds is 4. The molecule has 4 aromatic rings. The topological polar surface area (TPSA) is 41.0 Å². The molecule has 1 aliphatic rings. The first kappa shape index (κ1) is 19.8. The van der Waals surface area contributed by atoms with Crippen LogP contribution in [0.4, 0.5) is 20.2 Å². The van der Waals surface area contributed by atoms with Gasteiger partial charge in [0.15, 0.2) is 11.6 Å². The molecule has 1 atom stereocenters. The summed E-state index contributed by atoms with van der Waals surface area (Å²) in [5.41, 5.74) is 2.25. The molecule has 0 unspecified atom stereocenters. The molecule has 156 valence electrons. The fourth-order valence-corrected chi connectivity index (χ4v) is 6.66. The molecule has 1 aliphatic heterocycles. The third-order valence-corrected chi connectivity index (χ3v) is 8.25. The van der Waals surface area contributed by atoms with Crippen LogP contribution in [0.15, 0.2) is 29.9 Å². The van der Waals surface area contributed by atoms with Crippen molar-refractivity contribution in [2.24, 2.45) is 0 Å². The summed E-state index contributed by atoms with van der Waals surface area (Å²) in [6, 6.07) is 5.23. The zero-order valence-electron chi connectivity index (χ0n) is 17.0. The standard InChI is InChI=1S/C22H22F2N4S2/c1-4-28-8-6-13(22(28,2)3)16-9-12-15(5-7-25-21(12)30-16)27-19-14(23)10-17-20(18(19)24)26-11-29-17/h5,7,9-11,13H,4,6,8H2,1-3H3,(H,25,27)/t13-/m1/s1. The second-order valence-electron chi connectivity index (χ2n) is 8.17. The molecule has 4 nitrogen and oxygen atoms in total. The lowest BCUT2D eigenvalue weighted by Gasteiger charge is -2.35. The molecule has 4 heterocycles. The molecule has 0 spiro atoms. The number of halogens is 2. The second kappa shape index (κ2) is 7.21. The number of hydrogen-bond donors (Lipinski definition) is 1. The first-order valence-electron chi connectivity index (χ1n) is 10.0. The Kier molecular flexibility index (Phi) is 4.76. The number of nitrogens with zero attached hydrogens (tertiary/aromatic N) is 3. The van der Waals surface area contributed by atoms with Crippen molar-refractivity contribution in [1.29, 1.82) is 0 Å². The molecule has 0 saturated carbocycles. The van der Waals surface area contributed by atoms with Gasteiger partial charge in [-0.3, -0.25) is 4.90 Å². The van der Waals surface area contributed by atoms with Crippen molar-refractivity contribution in [3.8, 4) is 0 Å². The molecule has 3 aromatic heterocycles. The predicted molar refractivity (Wildman–Crippen MR) is 121 cm³/mol. The molecular formula is C22H22F2N4S2. The average Bonchev–Trinajstić information content (AvgIpc) is 3.41. The normalized spacial score (nSPS) is 19.2. The lowest BCUT2D eigenvalue weighted by atomic mass is 9.87. The number of benzene rings is 1. The maximum Gasteiger partial charge on any atom is 0.176 e. The van der Waals surface area contributed by atoms with Crippen molar-refractivity contribution < 1.29 is 8.78 Å². The van der Waals surface area contributed by atoms with Gasteiger partial charge in [-0.2, -0.15) is 0 Å². The van der Waals surface area contributed by atoms with Crippen molar-refractivity contribution in [3.05, 3.63) is 46.4 Å². The third kappa shape index (κ3) is 3.01. The molecule has 0 aliphatic carbocycles. The van der Waals surface area contributed by atoms with E-state index in [9.17, 15) is 8.78 Å².